The number of aromatic nitrogens is 1. The van der Waals surface area contributed by atoms with Crippen LogP contribution < -0.4 is 5.32 Å². The zero-order valence-electron chi connectivity index (χ0n) is 16.7. The standard InChI is InChI=1S/C23H29N3O2/c1-18-7-9-19(10-8-18)17-26(23(27)16-24-12-14-28-2)13-11-20-15-25-22-6-4-3-5-21(20)22/h3-10,15,24-25H,11-14,16-17H2,1-2H3. The van der Waals surface area contributed by atoms with Gasteiger partial charge < -0.3 is 19.9 Å². The molecule has 0 saturated carbocycles. The first-order chi connectivity index (χ1) is 13.7. The van der Waals surface area contributed by atoms with E-state index in [1.54, 1.807) is 7.11 Å². The highest BCUT2D eigenvalue weighted by molar-refractivity contribution is 5.83. The molecule has 5 nitrogen and oxygen atoms in total. The first-order valence-electron chi connectivity index (χ1n) is 9.75. The lowest BCUT2D eigenvalue weighted by molar-refractivity contribution is -0.130. The summed E-state index contributed by atoms with van der Waals surface area (Å²) < 4.78 is 5.04. The van der Waals surface area contributed by atoms with Crippen molar-refractivity contribution >= 4 is 16.8 Å². The summed E-state index contributed by atoms with van der Waals surface area (Å²) in [5.41, 5.74) is 4.75. The average molecular weight is 380 g/mol. The summed E-state index contributed by atoms with van der Waals surface area (Å²) in [6.07, 6.45) is 2.87. The van der Waals surface area contributed by atoms with Gasteiger partial charge in [0.1, 0.15) is 0 Å². The van der Waals surface area contributed by atoms with Crippen molar-refractivity contribution in [3.8, 4) is 0 Å². The number of methoxy groups -OCH3 is 1. The Morgan fingerprint density at radius 1 is 1.14 bits per heavy atom. The topological polar surface area (TPSA) is 57.4 Å². The van der Waals surface area contributed by atoms with E-state index in [9.17, 15) is 4.79 Å². The van der Waals surface area contributed by atoms with Crippen molar-refractivity contribution in [2.45, 2.75) is 19.9 Å². The Labute approximate surface area is 166 Å². The number of hydrogen-bond donors (Lipinski definition) is 2. The molecular weight excluding hydrogens is 350 g/mol. The molecule has 1 heterocycles. The Balaban J connectivity index is 1.67. The molecule has 2 aromatic carbocycles. The van der Waals surface area contributed by atoms with Crippen LogP contribution in [0.15, 0.2) is 54.7 Å². The molecule has 0 spiro atoms. The summed E-state index contributed by atoms with van der Waals surface area (Å²) in [6, 6.07) is 16.7. The molecule has 0 saturated heterocycles. The molecule has 0 unspecified atom stereocenters. The van der Waals surface area contributed by atoms with Crippen LogP contribution in [0.3, 0.4) is 0 Å². The second kappa shape index (κ2) is 10.1. The smallest absolute Gasteiger partial charge is 0.236 e. The van der Waals surface area contributed by atoms with Crippen LogP contribution in [0.25, 0.3) is 10.9 Å². The van der Waals surface area contributed by atoms with E-state index >= 15 is 0 Å². The van der Waals surface area contributed by atoms with Crippen molar-refractivity contribution in [3.63, 3.8) is 0 Å². The van der Waals surface area contributed by atoms with Gasteiger partial charge in [0.05, 0.1) is 13.2 Å². The number of benzene rings is 2. The number of rotatable bonds is 10. The number of ether oxygens (including phenoxy) is 1. The number of nitrogens with zero attached hydrogens (tertiary/aromatic N) is 1. The number of carbonyl (C=O) groups is 1. The highest BCUT2D eigenvalue weighted by Crippen LogP contribution is 2.19. The highest BCUT2D eigenvalue weighted by Gasteiger charge is 2.15. The van der Waals surface area contributed by atoms with Crippen molar-refractivity contribution in [1.82, 2.24) is 15.2 Å². The van der Waals surface area contributed by atoms with Gasteiger partial charge in [-0.1, -0.05) is 48.0 Å². The molecule has 2 N–H and O–H groups in total. The van der Waals surface area contributed by atoms with E-state index in [4.69, 9.17) is 4.74 Å². The predicted octanol–water partition coefficient (Wildman–Crippen LogP) is 3.28. The van der Waals surface area contributed by atoms with Crippen LogP contribution in [0.1, 0.15) is 16.7 Å². The number of H-pyrrole nitrogens is 1. The second-order valence-corrected chi connectivity index (χ2v) is 7.08. The number of para-hydroxylation sites is 1. The van der Waals surface area contributed by atoms with Crippen molar-refractivity contribution < 1.29 is 9.53 Å². The molecule has 5 heteroatoms. The van der Waals surface area contributed by atoms with E-state index in [1.165, 1.54) is 16.5 Å². The van der Waals surface area contributed by atoms with Gasteiger partial charge in [-0.2, -0.15) is 0 Å². The van der Waals surface area contributed by atoms with Gasteiger partial charge in [0.15, 0.2) is 0 Å². The van der Waals surface area contributed by atoms with Crippen molar-refractivity contribution in [1.29, 1.82) is 0 Å². The van der Waals surface area contributed by atoms with Crippen molar-refractivity contribution in [2.24, 2.45) is 0 Å². The number of hydrogen-bond acceptors (Lipinski definition) is 3. The molecular formula is C23H29N3O2. The number of fused-ring (bicyclic) bond motifs is 1. The maximum Gasteiger partial charge on any atom is 0.236 e. The Hall–Kier alpha value is -2.63. The van der Waals surface area contributed by atoms with Gasteiger partial charge in [0.25, 0.3) is 0 Å². The number of amides is 1. The van der Waals surface area contributed by atoms with E-state index in [0.29, 0.717) is 32.8 Å². The first-order valence-corrected chi connectivity index (χ1v) is 9.75. The third-order valence-electron chi connectivity index (χ3n) is 4.93. The van der Waals surface area contributed by atoms with Crippen LogP contribution in [-0.4, -0.2) is 49.1 Å². The molecule has 1 amide bonds. The number of carbonyl (C=O) groups excluding carboxylic acids is 1. The molecule has 1 aromatic heterocycles. The molecule has 148 valence electrons. The van der Waals surface area contributed by atoms with Crippen LogP contribution in [0, 0.1) is 6.92 Å². The summed E-state index contributed by atoms with van der Waals surface area (Å²) >= 11 is 0. The summed E-state index contributed by atoms with van der Waals surface area (Å²) in [5.74, 6) is 0.108. The molecule has 3 rings (SSSR count). The number of aryl methyl sites for hydroxylation is 1. The zero-order valence-corrected chi connectivity index (χ0v) is 16.7. The minimum Gasteiger partial charge on any atom is -0.383 e. The van der Waals surface area contributed by atoms with Gasteiger partial charge in [-0.15, -0.1) is 0 Å². The molecule has 0 aliphatic carbocycles. The van der Waals surface area contributed by atoms with Crippen LogP contribution in [0.4, 0.5) is 0 Å². The minimum absolute atomic E-state index is 0.108. The van der Waals surface area contributed by atoms with E-state index in [-0.39, 0.29) is 5.91 Å². The Bertz CT molecular complexity index is 886. The van der Waals surface area contributed by atoms with Gasteiger partial charge in [-0.25, -0.2) is 0 Å². The van der Waals surface area contributed by atoms with Crippen molar-refractivity contribution in [3.05, 3.63) is 71.4 Å². The maximum atomic E-state index is 12.8. The van der Waals surface area contributed by atoms with Crippen LogP contribution >= 0.6 is 0 Å². The highest BCUT2D eigenvalue weighted by atomic mass is 16.5. The van der Waals surface area contributed by atoms with Gasteiger partial charge in [0, 0.05) is 43.8 Å². The minimum atomic E-state index is 0.108. The molecule has 0 aliphatic heterocycles. The third kappa shape index (κ3) is 5.44. The molecule has 3 aromatic rings. The van der Waals surface area contributed by atoms with E-state index < -0.39 is 0 Å². The monoisotopic (exact) mass is 379 g/mol. The fourth-order valence-electron chi connectivity index (χ4n) is 3.28. The summed E-state index contributed by atoms with van der Waals surface area (Å²) in [6.45, 7) is 4.96. The summed E-state index contributed by atoms with van der Waals surface area (Å²) in [5, 5.41) is 4.39. The Kier molecular flexibility index (Phi) is 7.23. The molecule has 0 aliphatic rings. The van der Waals surface area contributed by atoms with Crippen LogP contribution in [0.2, 0.25) is 0 Å². The van der Waals surface area contributed by atoms with E-state index in [1.807, 2.05) is 11.0 Å². The van der Waals surface area contributed by atoms with Gasteiger partial charge in [-0.05, 0) is 30.5 Å². The lowest BCUT2D eigenvalue weighted by atomic mass is 10.1. The lowest BCUT2D eigenvalue weighted by Crippen LogP contribution is -2.39. The third-order valence-corrected chi connectivity index (χ3v) is 4.93. The van der Waals surface area contributed by atoms with Crippen LogP contribution in [0.5, 0.6) is 0 Å². The fourth-order valence-corrected chi connectivity index (χ4v) is 3.28. The van der Waals surface area contributed by atoms with E-state index in [0.717, 1.165) is 17.5 Å². The lowest BCUT2D eigenvalue weighted by Gasteiger charge is -2.23. The summed E-state index contributed by atoms with van der Waals surface area (Å²) in [4.78, 5) is 18.1. The average Bonchev–Trinajstić information content (AvgIpc) is 3.13. The Morgan fingerprint density at radius 2 is 1.93 bits per heavy atom. The first kappa shape index (κ1) is 20.1. The largest absolute Gasteiger partial charge is 0.383 e. The molecule has 0 atom stereocenters. The summed E-state index contributed by atoms with van der Waals surface area (Å²) in [7, 11) is 1.66. The predicted molar refractivity (Wildman–Crippen MR) is 113 cm³/mol. The SMILES string of the molecule is COCCNCC(=O)N(CCc1c[nH]c2ccccc12)Cc1ccc(C)cc1. The zero-order chi connectivity index (χ0) is 19.8. The van der Waals surface area contributed by atoms with Gasteiger partial charge in [0.2, 0.25) is 5.91 Å². The Morgan fingerprint density at radius 3 is 2.71 bits per heavy atom. The van der Waals surface area contributed by atoms with Gasteiger partial charge in [-0.3, -0.25) is 4.79 Å². The molecule has 0 bridgehead atoms. The molecule has 0 fully saturated rings. The van der Waals surface area contributed by atoms with E-state index in [2.05, 4.69) is 65.9 Å². The molecule has 0 radical (unpaired) electrons. The molecule has 28 heavy (non-hydrogen) atoms. The maximum absolute atomic E-state index is 12.8. The van der Waals surface area contributed by atoms with Gasteiger partial charge >= 0.3 is 0 Å². The number of nitrogens with one attached hydrogen (secondary N) is 2. The van der Waals surface area contributed by atoms with Crippen LogP contribution in [-0.2, 0) is 22.5 Å². The second-order valence-electron chi connectivity index (χ2n) is 7.08. The quantitative estimate of drug-likeness (QED) is 0.532. The fraction of sp³-hybridized carbons (Fsp3) is 0.348. The number of aromatic amines is 1. The van der Waals surface area contributed by atoms with Crippen molar-refractivity contribution in [2.75, 3.05) is 33.4 Å². The normalized spacial score (nSPS) is 11.1.